The molecule has 1 unspecified atom stereocenters. The van der Waals surface area contributed by atoms with E-state index < -0.39 is 27.9 Å². The lowest BCUT2D eigenvalue weighted by Gasteiger charge is -2.39. The van der Waals surface area contributed by atoms with E-state index in [9.17, 15) is 23.1 Å². The summed E-state index contributed by atoms with van der Waals surface area (Å²) in [7, 11) is -3.92. The topological polar surface area (TPSA) is 120 Å². The molecule has 0 aliphatic carbocycles. The molecule has 1 amide bonds. The number of rotatable bonds is 10. The van der Waals surface area contributed by atoms with Crippen molar-refractivity contribution in [3.05, 3.63) is 63.0 Å². The Hall–Kier alpha value is -2.80. The summed E-state index contributed by atoms with van der Waals surface area (Å²) in [6.07, 6.45) is 1.70. The molecule has 1 aliphatic rings. The number of hydrogen-bond donors (Lipinski definition) is 2. The molecule has 0 saturated carbocycles. The van der Waals surface area contributed by atoms with Crippen molar-refractivity contribution in [2.24, 2.45) is 0 Å². The highest BCUT2D eigenvalue weighted by Gasteiger charge is 2.41. The first kappa shape index (κ1) is 29.2. The number of thiophene rings is 1. The Balaban J connectivity index is 1.59. The van der Waals surface area contributed by atoms with Crippen LogP contribution in [-0.2, 0) is 27.8 Å². The van der Waals surface area contributed by atoms with Crippen molar-refractivity contribution >= 4 is 49.7 Å². The van der Waals surface area contributed by atoms with Gasteiger partial charge in [-0.3, -0.25) is 4.79 Å². The number of nitrogens with one attached hydrogen (secondary N) is 1. The number of amides is 1. The Morgan fingerprint density at radius 1 is 1.13 bits per heavy atom. The second kappa shape index (κ2) is 12.2. The summed E-state index contributed by atoms with van der Waals surface area (Å²) in [5.41, 5.74) is 2.51. The van der Waals surface area contributed by atoms with Crippen LogP contribution in [-0.4, -0.2) is 60.4 Å². The average molecular weight is 591 g/mol. The summed E-state index contributed by atoms with van der Waals surface area (Å²) >= 11 is 2.27. The number of carboxylic acid groups (broad SMARTS) is 1. The van der Waals surface area contributed by atoms with Gasteiger partial charge >= 0.3 is 5.97 Å². The highest BCUT2D eigenvalue weighted by Crippen LogP contribution is 2.32. The molecule has 12 heteroatoms. The fourth-order valence-electron chi connectivity index (χ4n) is 4.48. The van der Waals surface area contributed by atoms with E-state index in [4.69, 9.17) is 0 Å². The predicted molar refractivity (Wildman–Crippen MR) is 154 cm³/mol. The van der Waals surface area contributed by atoms with Crippen LogP contribution in [0.3, 0.4) is 0 Å². The summed E-state index contributed by atoms with van der Waals surface area (Å²) in [5, 5.41) is 12.8. The minimum Gasteiger partial charge on any atom is -0.477 e. The number of thiazole rings is 1. The molecule has 210 valence electrons. The van der Waals surface area contributed by atoms with Crippen LogP contribution in [0.15, 0.2) is 40.6 Å². The molecule has 1 aliphatic heterocycles. The summed E-state index contributed by atoms with van der Waals surface area (Å²) in [6, 6.07) is 10.4. The highest BCUT2D eigenvalue weighted by molar-refractivity contribution is 7.91. The van der Waals surface area contributed by atoms with E-state index in [0.29, 0.717) is 23.3 Å². The van der Waals surface area contributed by atoms with Crippen molar-refractivity contribution in [1.29, 1.82) is 0 Å². The standard InChI is InChI=1S/C27H34N4O5S3/c1-5-6-21-11-12-23(37-21)39(35,36)31-14-13-30(27-29-18(4)24(38-27)26(33)34)16-22(31)25(32)28-15-19-7-9-20(10-8-19)17(2)3/h7-12,17,22H,5-6,13-16H2,1-4H3,(H,28,32)(H,33,34). The summed E-state index contributed by atoms with van der Waals surface area (Å²) < 4.78 is 29.0. The van der Waals surface area contributed by atoms with Crippen LogP contribution in [0.25, 0.3) is 0 Å². The number of nitrogens with zero attached hydrogens (tertiary/aromatic N) is 3. The zero-order valence-electron chi connectivity index (χ0n) is 22.5. The van der Waals surface area contributed by atoms with Gasteiger partial charge in [0, 0.05) is 31.1 Å². The monoisotopic (exact) mass is 590 g/mol. The third kappa shape index (κ3) is 6.51. The lowest BCUT2D eigenvalue weighted by atomic mass is 10.0. The van der Waals surface area contributed by atoms with Gasteiger partial charge in [-0.15, -0.1) is 11.3 Å². The van der Waals surface area contributed by atoms with E-state index in [2.05, 4.69) is 24.1 Å². The summed E-state index contributed by atoms with van der Waals surface area (Å²) in [4.78, 5) is 32.4. The fourth-order valence-corrected chi connectivity index (χ4v) is 8.58. The number of hydrogen-bond acceptors (Lipinski definition) is 8. The van der Waals surface area contributed by atoms with Crippen LogP contribution in [0.4, 0.5) is 5.13 Å². The van der Waals surface area contributed by atoms with Crippen LogP contribution >= 0.6 is 22.7 Å². The quantitative estimate of drug-likeness (QED) is 0.357. The van der Waals surface area contributed by atoms with E-state index in [1.54, 1.807) is 17.9 Å². The van der Waals surface area contributed by atoms with Gasteiger partial charge in [0.1, 0.15) is 15.1 Å². The third-order valence-corrected chi connectivity index (χ3v) is 11.4. The van der Waals surface area contributed by atoms with Crippen molar-refractivity contribution in [2.45, 2.75) is 63.3 Å². The van der Waals surface area contributed by atoms with E-state index in [0.717, 1.165) is 34.6 Å². The maximum absolute atomic E-state index is 13.7. The molecule has 3 aromatic rings. The van der Waals surface area contributed by atoms with Crippen molar-refractivity contribution in [3.63, 3.8) is 0 Å². The number of benzene rings is 1. The fraction of sp³-hybridized carbons (Fsp3) is 0.444. The molecule has 1 saturated heterocycles. The predicted octanol–water partition coefficient (Wildman–Crippen LogP) is 4.48. The molecule has 1 aromatic carbocycles. The van der Waals surface area contributed by atoms with Gasteiger partial charge in [0.15, 0.2) is 5.13 Å². The molecule has 39 heavy (non-hydrogen) atoms. The smallest absolute Gasteiger partial charge is 0.347 e. The maximum Gasteiger partial charge on any atom is 0.347 e. The molecule has 1 fully saturated rings. The minimum absolute atomic E-state index is 0.0660. The minimum atomic E-state index is -3.92. The zero-order valence-corrected chi connectivity index (χ0v) is 25.0. The number of aromatic carboxylic acids is 1. The molecular formula is C27H34N4O5S3. The number of carbonyl (C=O) groups is 2. The molecule has 4 rings (SSSR count). The first-order valence-electron chi connectivity index (χ1n) is 12.9. The van der Waals surface area contributed by atoms with Crippen molar-refractivity contribution < 1.29 is 23.1 Å². The van der Waals surface area contributed by atoms with Crippen molar-refractivity contribution in [3.8, 4) is 0 Å². The first-order valence-corrected chi connectivity index (χ1v) is 16.0. The molecule has 9 nitrogen and oxygen atoms in total. The van der Waals surface area contributed by atoms with Gasteiger partial charge in [-0.25, -0.2) is 18.2 Å². The molecule has 0 spiro atoms. The average Bonchev–Trinajstić information content (AvgIpc) is 3.54. The van der Waals surface area contributed by atoms with E-state index in [1.165, 1.54) is 21.2 Å². The van der Waals surface area contributed by atoms with Gasteiger partial charge in [0.05, 0.1) is 5.69 Å². The molecular weight excluding hydrogens is 557 g/mol. The number of anilines is 1. The third-order valence-electron chi connectivity index (χ3n) is 6.69. The Bertz CT molecular complexity index is 1430. The lowest BCUT2D eigenvalue weighted by Crippen LogP contribution is -2.60. The number of carboxylic acids is 1. The Morgan fingerprint density at radius 3 is 2.46 bits per heavy atom. The number of sulfonamides is 1. The lowest BCUT2D eigenvalue weighted by molar-refractivity contribution is -0.125. The summed E-state index contributed by atoms with van der Waals surface area (Å²) in [6.45, 7) is 8.59. The Kier molecular flexibility index (Phi) is 9.10. The van der Waals surface area contributed by atoms with Crippen LogP contribution in [0.2, 0.25) is 0 Å². The van der Waals surface area contributed by atoms with Gasteiger partial charge in [-0.2, -0.15) is 4.31 Å². The first-order chi connectivity index (χ1) is 18.5. The molecule has 2 N–H and O–H groups in total. The second-order valence-electron chi connectivity index (χ2n) is 9.88. The van der Waals surface area contributed by atoms with Gasteiger partial charge in [-0.1, -0.05) is 62.8 Å². The number of carbonyl (C=O) groups excluding carboxylic acids is 1. The normalized spacial score (nSPS) is 16.5. The molecule has 1 atom stereocenters. The molecule has 0 radical (unpaired) electrons. The van der Waals surface area contributed by atoms with Crippen molar-refractivity contribution in [2.75, 3.05) is 24.5 Å². The van der Waals surface area contributed by atoms with Crippen LogP contribution in [0.1, 0.15) is 64.5 Å². The van der Waals surface area contributed by atoms with Gasteiger partial charge in [0.2, 0.25) is 5.91 Å². The highest BCUT2D eigenvalue weighted by atomic mass is 32.2. The second-order valence-corrected chi connectivity index (χ2v) is 14.1. The van der Waals surface area contributed by atoms with Crippen molar-refractivity contribution in [1.82, 2.24) is 14.6 Å². The Labute approximate surface area is 237 Å². The van der Waals surface area contributed by atoms with Gasteiger partial charge in [0.25, 0.3) is 10.0 Å². The zero-order chi connectivity index (χ0) is 28.3. The molecule has 3 heterocycles. The maximum atomic E-state index is 13.7. The largest absolute Gasteiger partial charge is 0.477 e. The molecule has 0 bridgehead atoms. The van der Waals surface area contributed by atoms with Crippen LogP contribution in [0, 0.1) is 6.92 Å². The van der Waals surface area contributed by atoms with E-state index >= 15 is 0 Å². The number of piperazine rings is 1. The van der Waals surface area contributed by atoms with Gasteiger partial charge < -0.3 is 15.3 Å². The Morgan fingerprint density at radius 2 is 1.85 bits per heavy atom. The number of aromatic nitrogens is 1. The van der Waals surface area contributed by atoms with Gasteiger partial charge in [-0.05, 0) is 42.5 Å². The van der Waals surface area contributed by atoms with E-state index in [-0.39, 0.29) is 28.7 Å². The SMILES string of the molecule is CCCc1ccc(S(=O)(=O)N2CCN(c3nc(C)c(C(=O)O)s3)CC2C(=O)NCc2ccc(C(C)C)cc2)s1. The van der Waals surface area contributed by atoms with E-state index in [1.807, 2.05) is 37.3 Å². The van der Waals surface area contributed by atoms with Crippen LogP contribution < -0.4 is 10.2 Å². The number of aryl methyl sites for hydroxylation is 2. The van der Waals surface area contributed by atoms with Crippen LogP contribution in [0.5, 0.6) is 0 Å². The molecule has 2 aromatic heterocycles. The summed E-state index contributed by atoms with van der Waals surface area (Å²) in [5.74, 6) is -1.07.